The van der Waals surface area contributed by atoms with E-state index >= 15 is 0 Å². The number of nitrogens with zero attached hydrogens (tertiary/aromatic N) is 5. The second-order valence-corrected chi connectivity index (χ2v) is 14.9. The van der Waals surface area contributed by atoms with Gasteiger partial charge in [-0.3, -0.25) is 0 Å². The van der Waals surface area contributed by atoms with E-state index in [0.29, 0.717) is 28.9 Å². The molecule has 6 nitrogen and oxygen atoms in total. The lowest BCUT2D eigenvalue weighted by Gasteiger charge is -2.10. The molecular weight excluding hydrogens is 707 g/mol. The highest BCUT2D eigenvalue weighted by Crippen LogP contribution is 2.44. The van der Waals surface area contributed by atoms with E-state index < -0.39 is 0 Å². The molecule has 0 saturated carbocycles. The van der Waals surface area contributed by atoms with Crippen LogP contribution in [-0.2, 0) is 0 Å². The van der Waals surface area contributed by atoms with Gasteiger partial charge in [-0.2, -0.15) is 0 Å². The van der Waals surface area contributed by atoms with Crippen molar-refractivity contribution in [3.05, 3.63) is 170 Å². The summed E-state index contributed by atoms with van der Waals surface area (Å²) < 4.78 is 8.66. The zero-order valence-electron chi connectivity index (χ0n) is 30.1. The lowest BCUT2D eigenvalue weighted by Crippen LogP contribution is -2.00. The van der Waals surface area contributed by atoms with Crippen LogP contribution < -0.4 is 0 Å². The van der Waals surface area contributed by atoms with Gasteiger partial charge in [-0.1, -0.05) is 140 Å². The van der Waals surface area contributed by atoms with Crippen molar-refractivity contribution in [3.8, 4) is 56.7 Å². The van der Waals surface area contributed by atoms with Crippen molar-refractivity contribution in [3.63, 3.8) is 0 Å². The van der Waals surface area contributed by atoms with E-state index in [4.69, 9.17) is 29.3 Å². The van der Waals surface area contributed by atoms with Gasteiger partial charge >= 0.3 is 0 Å². The van der Waals surface area contributed by atoms with Crippen LogP contribution in [0.2, 0.25) is 0 Å². The van der Waals surface area contributed by atoms with Crippen LogP contribution in [0.25, 0.3) is 104 Å². The number of furan rings is 1. The van der Waals surface area contributed by atoms with Crippen molar-refractivity contribution in [1.82, 2.24) is 24.9 Å². The molecule has 11 rings (SSSR count). The predicted molar refractivity (Wildman–Crippen MR) is 229 cm³/mol. The average Bonchev–Trinajstić information content (AvgIpc) is 3.86. The van der Waals surface area contributed by atoms with E-state index in [1.54, 1.807) is 11.3 Å². The molecule has 0 amide bonds. The summed E-state index contributed by atoms with van der Waals surface area (Å²) in [6.07, 6.45) is 8.58. The van der Waals surface area contributed by atoms with Gasteiger partial charge in [-0.05, 0) is 53.8 Å². The molecule has 56 heavy (non-hydrogen) atoms. The van der Waals surface area contributed by atoms with E-state index in [2.05, 4.69) is 109 Å². The third-order valence-corrected chi connectivity index (χ3v) is 11.6. The number of allylic oxidation sites excluding steroid dienone is 4. The first-order valence-electron chi connectivity index (χ1n) is 18.7. The molecule has 264 valence electrons. The number of aromatic nitrogens is 5. The summed E-state index contributed by atoms with van der Waals surface area (Å²) in [7, 11) is 0. The number of benzene rings is 6. The first-order chi connectivity index (χ1) is 27.7. The van der Waals surface area contributed by atoms with Gasteiger partial charge in [0.2, 0.25) is 0 Å². The molecule has 0 radical (unpaired) electrons. The Balaban J connectivity index is 1.10. The third-order valence-electron chi connectivity index (χ3n) is 10.4. The zero-order valence-corrected chi connectivity index (χ0v) is 30.9. The maximum Gasteiger partial charge on any atom is 0.180 e. The fourth-order valence-electron chi connectivity index (χ4n) is 7.69. The fourth-order valence-corrected chi connectivity index (χ4v) is 8.93. The molecule has 1 aliphatic rings. The molecule has 6 aromatic carbocycles. The monoisotopic (exact) mass is 737 g/mol. The van der Waals surface area contributed by atoms with Crippen LogP contribution in [0.1, 0.15) is 18.5 Å². The summed E-state index contributed by atoms with van der Waals surface area (Å²) in [6.45, 7) is 0. The normalized spacial score (nSPS) is 12.9. The Bertz CT molecular complexity index is 3180. The van der Waals surface area contributed by atoms with Gasteiger partial charge in [0.15, 0.2) is 28.9 Å². The Morgan fingerprint density at radius 3 is 1.89 bits per heavy atom. The summed E-state index contributed by atoms with van der Waals surface area (Å²) in [5.74, 6) is 2.55. The van der Waals surface area contributed by atoms with Crippen LogP contribution in [0.3, 0.4) is 0 Å². The first-order valence-corrected chi connectivity index (χ1v) is 19.6. The molecule has 7 heteroatoms. The lowest BCUT2D eigenvalue weighted by atomic mass is 10.0. The standard InChI is InChI=1S/C49H31N5OS/c1-4-14-30(15-5-1)31-26-28-34(29-27-31)47-52-46(33-18-8-3-9-19-33)53-48(54-47)37-22-13-25-40-41(37)36-21-12-23-38(45(36)56-40)49-50-42(32-16-6-2-7-17-32)44-43(51-49)35-20-10-11-24-39(35)55-44/h1,3-6,8-29H,2,7H2. The third kappa shape index (κ3) is 5.51. The minimum absolute atomic E-state index is 0.623. The van der Waals surface area contributed by atoms with Crippen LogP contribution in [0.5, 0.6) is 0 Å². The largest absolute Gasteiger partial charge is 0.452 e. The Morgan fingerprint density at radius 1 is 0.482 bits per heavy atom. The van der Waals surface area contributed by atoms with Gasteiger partial charge in [0.1, 0.15) is 16.8 Å². The van der Waals surface area contributed by atoms with Crippen molar-refractivity contribution in [2.45, 2.75) is 12.8 Å². The SMILES string of the molecule is C1=CC(c2nc(-c3cccc4c3sc3cccc(-c5nc(-c6ccccc6)nc(-c6ccc(-c7ccccc7)cc6)n5)c34)nc3c2oc2ccccc23)=CCC1. The van der Waals surface area contributed by atoms with Gasteiger partial charge in [-0.25, -0.2) is 24.9 Å². The van der Waals surface area contributed by atoms with E-state index in [0.717, 1.165) is 88.6 Å². The van der Waals surface area contributed by atoms with Gasteiger partial charge < -0.3 is 4.42 Å². The lowest BCUT2D eigenvalue weighted by molar-refractivity contribution is 0.664. The minimum atomic E-state index is 0.623. The van der Waals surface area contributed by atoms with E-state index in [-0.39, 0.29) is 0 Å². The molecule has 0 atom stereocenters. The fraction of sp³-hybridized carbons (Fsp3) is 0.0408. The van der Waals surface area contributed by atoms with Crippen LogP contribution in [0.15, 0.2) is 168 Å². The Hall–Kier alpha value is -7.09. The molecule has 0 aliphatic heterocycles. The highest BCUT2D eigenvalue weighted by atomic mass is 32.1. The topological polar surface area (TPSA) is 77.6 Å². The molecule has 4 aromatic heterocycles. The second kappa shape index (κ2) is 13.3. The smallest absolute Gasteiger partial charge is 0.180 e. The number of fused-ring (bicyclic) bond motifs is 6. The summed E-state index contributed by atoms with van der Waals surface area (Å²) in [6, 6.07) is 49.8. The molecule has 0 spiro atoms. The van der Waals surface area contributed by atoms with E-state index in [1.165, 1.54) is 5.56 Å². The maximum absolute atomic E-state index is 6.42. The van der Waals surface area contributed by atoms with E-state index in [1.807, 2.05) is 54.6 Å². The molecule has 4 heterocycles. The molecule has 0 saturated heterocycles. The number of para-hydroxylation sites is 1. The summed E-state index contributed by atoms with van der Waals surface area (Å²) in [4.78, 5) is 25.8. The first kappa shape index (κ1) is 32.3. The Kier molecular flexibility index (Phi) is 7.70. The molecule has 0 bridgehead atoms. The predicted octanol–water partition coefficient (Wildman–Crippen LogP) is 13.0. The van der Waals surface area contributed by atoms with Crippen molar-refractivity contribution >= 4 is 59.2 Å². The van der Waals surface area contributed by atoms with Crippen LogP contribution in [0.4, 0.5) is 0 Å². The van der Waals surface area contributed by atoms with Gasteiger partial charge in [0.25, 0.3) is 0 Å². The minimum Gasteiger partial charge on any atom is -0.452 e. The Morgan fingerprint density at radius 2 is 1.11 bits per heavy atom. The van der Waals surface area contributed by atoms with Crippen LogP contribution in [-0.4, -0.2) is 24.9 Å². The summed E-state index contributed by atoms with van der Waals surface area (Å²) in [5.41, 5.74) is 10.3. The molecule has 0 N–H and O–H groups in total. The highest BCUT2D eigenvalue weighted by molar-refractivity contribution is 7.26. The zero-order chi connectivity index (χ0) is 37.0. The molecule has 0 fully saturated rings. The average molecular weight is 738 g/mol. The Labute approximate surface area is 326 Å². The maximum atomic E-state index is 6.42. The van der Waals surface area contributed by atoms with Crippen molar-refractivity contribution in [1.29, 1.82) is 0 Å². The van der Waals surface area contributed by atoms with Gasteiger partial charge in [0, 0.05) is 47.8 Å². The molecule has 1 aliphatic carbocycles. The second-order valence-electron chi connectivity index (χ2n) is 13.9. The van der Waals surface area contributed by atoms with Crippen molar-refractivity contribution in [2.24, 2.45) is 0 Å². The number of hydrogen-bond donors (Lipinski definition) is 0. The van der Waals surface area contributed by atoms with E-state index in [9.17, 15) is 0 Å². The van der Waals surface area contributed by atoms with Crippen LogP contribution in [0, 0.1) is 0 Å². The molecular formula is C49H31N5OS. The number of thiophene rings is 1. The number of hydrogen-bond acceptors (Lipinski definition) is 7. The highest BCUT2D eigenvalue weighted by Gasteiger charge is 2.22. The summed E-state index contributed by atoms with van der Waals surface area (Å²) in [5, 5.41) is 3.18. The van der Waals surface area contributed by atoms with Crippen molar-refractivity contribution < 1.29 is 4.42 Å². The molecule has 10 aromatic rings. The van der Waals surface area contributed by atoms with Gasteiger partial charge in [0.05, 0.1) is 0 Å². The van der Waals surface area contributed by atoms with Crippen molar-refractivity contribution in [2.75, 3.05) is 0 Å². The summed E-state index contributed by atoms with van der Waals surface area (Å²) >= 11 is 1.74. The van der Waals surface area contributed by atoms with Gasteiger partial charge in [-0.15, -0.1) is 11.3 Å². The van der Waals surface area contributed by atoms with Crippen LogP contribution >= 0.6 is 11.3 Å². The molecule has 0 unspecified atom stereocenters. The quantitative estimate of drug-likeness (QED) is 0.169. The number of rotatable bonds is 6.